The quantitative estimate of drug-likeness (QED) is 0.290. The Morgan fingerprint density at radius 3 is 2.38 bits per heavy atom. The number of carbonyl (C=O) groups excluding carboxylic acids is 1. The van der Waals surface area contributed by atoms with Crippen LogP contribution in [0.15, 0.2) is 77.6 Å². The maximum atomic E-state index is 14.4. The molecule has 0 unspecified atom stereocenters. The second-order valence-corrected chi connectivity index (χ2v) is 12.6. The van der Waals surface area contributed by atoms with Gasteiger partial charge in [0.05, 0.1) is 29.2 Å². The highest BCUT2D eigenvalue weighted by Gasteiger charge is 2.24. The van der Waals surface area contributed by atoms with E-state index in [1.54, 1.807) is 16.7 Å². The smallest absolute Gasteiger partial charge is 0.266 e. The Morgan fingerprint density at radius 1 is 0.936 bits per heavy atom. The number of benzene rings is 3. The molecule has 0 atom stereocenters. The summed E-state index contributed by atoms with van der Waals surface area (Å²) in [5.41, 5.74) is 3.21. The van der Waals surface area contributed by atoms with E-state index in [0.29, 0.717) is 67.3 Å². The van der Waals surface area contributed by atoms with E-state index in [2.05, 4.69) is 27.8 Å². The molecule has 2 fully saturated rings. The number of fused-ring (bicyclic) bond motifs is 1. The number of phenolic OH excluding ortho intramolecular Hbond substituents is 1. The van der Waals surface area contributed by atoms with Crippen molar-refractivity contribution in [3.8, 4) is 17.2 Å². The monoisotopic (exact) mass is 636 g/mol. The van der Waals surface area contributed by atoms with Crippen molar-refractivity contribution in [3.63, 3.8) is 0 Å². The predicted molar refractivity (Wildman–Crippen MR) is 186 cm³/mol. The molecule has 0 spiro atoms. The van der Waals surface area contributed by atoms with Crippen LogP contribution < -0.4 is 15.2 Å². The van der Waals surface area contributed by atoms with Gasteiger partial charge in [-0.2, -0.15) is 0 Å². The Hall–Kier alpha value is -4.67. The summed E-state index contributed by atoms with van der Waals surface area (Å²) in [4.78, 5) is 41.3. The van der Waals surface area contributed by atoms with Crippen molar-refractivity contribution >= 4 is 28.6 Å². The number of aromatic hydroxyl groups is 1. The number of hydrogen-bond donors (Lipinski definition) is 1. The Bertz CT molecular complexity index is 1790. The summed E-state index contributed by atoms with van der Waals surface area (Å²) in [6.07, 6.45) is 4.02. The first kappa shape index (κ1) is 32.3. The number of ether oxygens (including phenoxy) is 1. The molecule has 3 heterocycles. The lowest BCUT2D eigenvalue weighted by molar-refractivity contribution is -0.132. The van der Waals surface area contributed by atoms with Crippen LogP contribution >= 0.6 is 0 Å². The molecule has 4 aromatic rings. The minimum absolute atomic E-state index is 0.0610. The fraction of sp³-hybridized carbons (Fsp3) is 0.378. The zero-order chi connectivity index (χ0) is 32.9. The van der Waals surface area contributed by atoms with Crippen LogP contribution in [0.5, 0.6) is 11.5 Å². The fourth-order valence-electron chi connectivity index (χ4n) is 6.20. The van der Waals surface area contributed by atoms with Gasteiger partial charge in [0.25, 0.3) is 5.56 Å². The number of nitrogens with zero attached hydrogens (tertiary/aromatic N) is 6. The van der Waals surface area contributed by atoms with Crippen LogP contribution in [0.2, 0.25) is 0 Å². The van der Waals surface area contributed by atoms with E-state index in [1.165, 1.54) is 0 Å². The van der Waals surface area contributed by atoms with E-state index >= 15 is 0 Å². The van der Waals surface area contributed by atoms with Gasteiger partial charge in [0.1, 0.15) is 17.3 Å². The van der Waals surface area contributed by atoms with Crippen LogP contribution in [-0.2, 0) is 11.3 Å². The number of rotatable bonds is 9. The summed E-state index contributed by atoms with van der Waals surface area (Å²) in [5, 5.41) is 10.1. The molecule has 6 rings (SSSR count). The lowest BCUT2D eigenvalue weighted by Gasteiger charge is -2.35. The molecule has 1 aromatic heterocycles. The van der Waals surface area contributed by atoms with Crippen LogP contribution in [0.4, 0.5) is 5.69 Å². The Kier molecular flexibility index (Phi) is 9.89. The van der Waals surface area contributed by atoms with Crippen molar-refractivity contribution in [2.24, 2.45) is 0 Å². The molecule has 1 amide bonds. The van der Waals surface area contributed by atoms with Crippen molar-refractivity contribution in [2.45, 2.75) is 32.9 Å². The highest BCUT2D eigenvalue weighted by molar-refractivity contribution is 5.82. The van der Waals surface area contributed by atoms with E-state index in [1.807, 2.05) is 79.4 Å². The zero-order valence-electron chi connectivity index (χ0n) is 27.5. The van der Waals surface area contributed by atoms with Crippen LogP contribution in [0, 0.1) is 0 Å². The minimum Gasteiger partial charge on any atom is -0.508 e. The van der Waals surface area contributed by atoms with Gasteiger partial charge >= 0.3 is 0 Å². The van der Waals surface area contributed by atoms with E-state index < -0.39 is 0 Å². The van der Waals surface area contributed by atoms with Crippen molar-refractivity contribution in [3.05, 3.63) is 94.5 Å². The molecule has 0 aliphatic carbocycles. The van der Waals surface area contributed by atoms with Crippen LogP contribution in [-0.4, -0.2) is 101 Å². The zero-order valence-corrected chi connectivity index (χ0v) is 27.5. The number of phenols is 1. The van der Waals surface area contributed by atoms with Crippen molar-refractivity contribution in [1.82, 2.24) is 24.3 Å². The topological polar surface area (TPSA) is 94.4 Å². The minimum atomic E-state index is -0.116. The first-order valence-corrected chi connectivity index (χ1v) is 16.5. The normalized spacial score (nSPS) is 16.4. The van der Waals surface area contributed by atoms with Gasteiger partial charge in [0.2, 0.25) is 5.91 Å². The van der Waals surface area contributed by atoms with Gasteiger partial charge in [-0.1, -0.05) is 36.4 Å². The van der Waals surface area contributed by atoms with E-state index in [4.69, 9.17) is 9.72 Å². The molecule has 3 aromatic carbocycles. The lowest BCUT2D eigenvalue weighted by atomic mass is 10.1. The van der Waals surface area contributed by atoms with Crippen molar-refractivity contribution in [1.29, 1.82) is 0 Å². The highest BCUT2D eigenvalue weighted by atomic mass is 16.5. The average Bonchev–Trinajstić information content (AvgIpc) is 3.07. The second kappa shape index (κ2) is 14.4. The molecule has 0 bridgehead atoms. The third kappa shape index (κ3) is 7.66. The third-order valence-corrected chi connectivity index (χ3v) is 8.84. The SMILES string of the molecule is CC(C)Oc1ccccc1-n1c(CN2CCN(C(=O)CC=Cc3ccc(O)cc3)CC2)nc2ccc(N3CCN(C)CC3)cc2c1=O. The number of aromatic nitrogens is 2. The van der Waals surface area contributed by atoms with Gasteiger partial charge in [-0.15, -0.1) is 0 Å². The van der Waals surface area contributed by atoms with Gasteiger partial charge < -0.3 is 24.5 Å². The van der Waals surface area contributed by atoms with E-state index in [-0.39, 0.29) is 23.3 Å². The summed E-state index contributed by atoms with van der Waals surface area (Å²) < 4.78 is 7.89. The Balaban J connectivity index is 1.23. The first-order chi connectivity index (χ1) is 22.7. The van der Waals surface area contributed by atoms with Gasteiger partial charge in [0, 0.05) is 64.5 Å². The standard InChI is InChI=1S/C37H44N6O4/c1-27(2)47-34-9-5-4-8-33(34)43-35(38-32-16-13-29(25-31(32)37(43)46)41-21-17-39(3)18-22-41)26-40-19-23-42(24-20-40)36(45)10-6-7-28-11-14-30(44)15-12-28/h4-9,11-16,25,27,44H,10,17-24,26H2,1-3H3. The first-order valence-electron chi connectivity index (χ1n) is 16.5. The number of anilines is 1. The number of piperazine rings is 2. The number of likely N-dealkylation sites (N-methyl/N-ethyl adjacent to an activating group) is 1. The van der Waals surface area contributed by atoms with Crippen molar-refractivity contribution < 1.29 is 14.6 Å². The van der Waals surface area contributed by atoms with E-state index in [0.717, 1.165) is 37.4 Å². The number of para-hydroxylation sites is 2. The van der Waals surface area contributed by atoms with Gasteiger partial charge in [-0.05, 0) is 68.9 Å². The molecule has 10 heteroatoms. The molecule has 2 aliphatic rings. The molecule has 2 saturated heterocycles. The van der Waals surface area contributed by atoms with Gasteiger partial charge in [-0.25, -0.2) is 4.98 Å². The van der Waals surface area contributed by atoms with Crippen LogP contribution in [0.3, 0.4) is 0 Å². The molecule has 0 saturated carbocycles. The van der Waals surface area contributed by atoms with Crippen LogP contribution in [0.25, 0.3) is 22.7 Å². The summed E-state index contributed by atoms with van der Waals surface area (Å²) in [7, 11) is 2.13. The maximum absolute atomic E-state index is 14.4. The molecule has 10 nitrogen and oxygen atoms in total. The largest absolute Gasteiger partial charge is 0.508 e. The van der Waals surface area contributed by atoms with Gasteiger partial charge in [0.15, 0.2) is 0 Å². The number of carbonyl (C=O) groups is 1. The molecule has 2 aliphatic heterocycles. The highest BCUT2D eigenvalue weighted by Crippen LogP contribution is 2.27. The molecule has 0 radical (unpaired) electrons. The summed E-state index contributed by atoms with van der Waals surface area (Å²) in [5.74, 6) is 1.58. The molecular weight excluding hydrogens is 592 g/mol. The van der Waals surface area contributed by atoms with Crippen molar-refractivity contribution in [2.75, 3.05) is 64.3 Å². The molecule has 246 valence electrons. The predicted octanol–water partition coefficient (Wildman–Crippen LogP) is 4.38. The molecular formula is C37H44N6O4. The average molecular weight is 637 g/mol. The summed E-state index contributed by atoms with van der Waals surface area (Å²) >= 11 is 0. The van der Waals surface area contributed by atoms with Gasteiger partial charge in [-0.3, -0.25) is 19.1 Å². The Morgan fingerprint density at radius 2 is 1.66 bits per heavy atom. The van der Waals surface area contributed by atoms with Crippen LogP contribution in [0.1, 0.15) is 31.7 Å². The Labute approximate surface area is 276 Å². The van der Waals surface area contributed by atoms with E-state index in [9.17, 15) is 14.7 Å². The molecule has 1 N–H and O–H groups in total. The lowest BCUT2D eigenvalue weighted by Crippen LogP contribution is -2.48. The maximum Gasteiger partial charge on any atom is 0.266 e. The third-order valence-electron chi connectivity index (χ3n) is 8.84. The molecule has 47 heavy (non-hydrogen) atoms. The summed E-state index contributed by atoms with van der Waals surface area (Å²) in [6, 6.07) is 20.6. The number of amides is 1. The second-order valence-electron chi connectivity index (χ2n) is 12.6. The fourth-order valence-corrected chi connectivity index (χ4v) is 6.20. The summed E-state index contributed by atoms with van der Waals surface area (Å²) in [6.45, 7) is 10.8. The number of hydrogen-bond acceptors (Lipinski definition) is 8.